The van der Waals surface area contributed by atoms with Gasteiger partial charge >= 0.3 is 0 Å². The summed E-state index contributed by atoms with van der Waals surface area (Å²) in [4.78, 5) is 11.6. The molecule has 0 spiro atoms. The van der Waals surface area contributed by atoms with Gasteiger partial charge in [-0.15, -0.1) is 10.2 Å². The van der Waals surface area contributed by atoms with E-state index in [9.17, 15) is 4.79 Å². The molecule has 0 atom stereocenters. The average molecular weight is 321 g/mol. The zero-order chi connectivity index (χ0) is 15.9. The first kappa shape index (κ1) is 16.5. The number of amides is 1. The fraction of sp³-hybridized carbons (Fsp3) is 0.400. The van der Waals surface area contributed by atoms with Gasteiger partial charge in [-0.05, 0) is 37.1 Å². The van der Waals surface area contributed by atoms with E-state index in [0.717, 1.165) is 5.56 Å². The summed E-state index contributed by atoms with van der Waals surface area (Å²) in [6, 6.07) is 5.97. The minimum atomic E-state index is -0.0898. The summed E-state index contributed by atoms with van der Waals surface area (Å²) in [7, 11) is 1.59. The monoisotopic (exact) mass is 321 g/mol. The van der Waals surface area contributed by atoms with Crippen LogP contribution in [-0.2, 0) is 9.53 Å². The fourth-order valence-electron chi connectivity index (χ4n) is 1.73. The summed E-state index contributed by atoms with van der Waals surface area (Å²) in [5.74, 6) is 0.608. The Labute approximate surface area is 133 Å². The second kappa shape index (κ2) is 7.95. The first-order chi connectivity index (χ1) is 10.6. The number of carbonyl (C=O) groups excluding carboxylic acids is 1. The van der Waals surface area contributed by atoms with Crippen molar-refractivity contribution in [2.45, 2.75) is 19.1 Å². The third-order valence-electron chi connectivity index (χ3n) is 3.12. The standard InChI is InChI=1S/C15H19N3O3S/c1-10-4-5-12(8-11(10)2)14-17-18-15(21-14)22-9-13(19)16-6-7-20-3/h4-5,8H,6-7,9H2,1-3H3,(H,16,19). The van der Waals surface area contributed by atoms with Crippen molar-refractivity contribution >= 4 is 17.7 Å². The van der Waals surface area contributed by atoms with Gasteiger partial charge in [-0.1, -0.05) is 17.8 Å². The Morgan fingerprint density at radius 3 is 2.86 bits per heavy atom. The molecule has 1 amide bonds. The van der Waals surface area contributed by atoms with E-state index in [1.807, 2.05) is 25.1 Å². The zero-order valence-electron chi connectivity index (χ0n) is 12.9. The van der Waals surface area contributed by atoms with Crippen LogP contribution in [0.3, 0.4) is 0 Å². The van der Waals surface area contributed by atoms with Crippen LogP contribution in [0.4, 0.5) is 0 Å². The molecule has 2 rings (SSSR count). The number of aromatic nitrogens is 2. The van der Waals surface area contributed by atoms with Crippen molar-refractivity contribution in [2.75, 3.05) is 26.0 Å². The Hall–Kier alpha value is -1.86. The molecular formula is C15H19N3O3S. The Kier molecular flexibility index (Phi) is 5.97. The number of hydrogen-bond donors (Lipinski definition) is 1. The van der Waals surface area contributed by atoms with E-state index < -0.39 is 0 Å². The number of methoxy groups -OCH3 is 1. The highest BCUT2D eigenvalue weighted by molar-refractivity contribution is 7.99. The molecule has 118 valence electrons. The van der Waals surface area contributed by atoms with Crippen LogP contribution in [-0.4, -0.2) is 42.1 Å². The fourth-order valence-corrected chi connectivity index (χ4v) is 2.32. The number of rotatable bonds is 7. The van der Waals surface area contributed by atoms with E-state index >= 15 is 0 Å². The molecule has 0 radical (unpaired) electrons. The van der Waals surface area contributed by atoms with Crippen LogP contribution >= 0.6 is 11.8 Å². The minimum Gasteiger partial charge on any atom is -0.411 e. The van der Waals surface area contributed by atoms with Crippen LogP contribution in [0.5, 0.6) is 0 Å². The maximum absolute atomic E-state index is 11.6. The molecule has 7 heteroatoms. The summed E-state index contributed by atoms with van der Waals surface area (Å²) >= 11 is 1.22. The zero-order valence-corrected chi connectivity index (χ0v) is 13.7. The van der Waals surface area contributed by atoms with Crippen LogP contribution in [0.1, 0.15) is 11.1 Å². The van der Waals surface area contributed by atoms with E-state index in [1.54, 1.807) is 7.11 Å². The second-order valence-electron chi connectivity index (χ2n) is 4.80. The minimum absolute atomic E-state index is 0.0898. The molecule has 1 N–H and O–H groups in total. The van der Waals surface area contributed by atoms with Crippen molar-refractivity contribution in [3.05, 3.63) is 29.3 Å². The molecule has 0 saturated carbocycles. The number of aryl methyl sites for hydroxylation is 2. The number of nitrogens with one attached hydrogen (secondary N) is 1. The van der Waals surface area contributed by atoms with Crippen molar-refractivity contribution in [1.29, 1.82) is 0 Å². The van der Waals surface area contributed by atoms with Crippen LogP contribution in [0.25, 0.3) is 11.5 Å². The summed E-state index contributed by atoms with van der Waals surface area (Å²) in [6.07, 6.45) is 0. The highest BCUT2D eigenvalue weighted by atomic mass is 32.2. The van der Waals surface area contributed by atoms with Gasteiger partial charge in [0.05, 0.1) is 12.4 Å². The molecule has 0 fully saturated rings. The lowest BCUT2D eigenvalue weighted by molar-refractivity contribution is -0.118. The molecule has 1 aromatic carbocycles. The summed E-state index contributed by atoms with van der Waals surface area (Å²) < 4.78 is 10.4. The number of hydrogen-bond acceptors (Lipinski definition) is 6. The molecule has 0 aliphatic heterocycles. The third-order valence-corrected chi connectivity index (χ3v) is 3.93. The van der Waals surface area contributed by atoms with Crippen LogP contribution < -0.4 is 5.32 Å². The van der Waals surface area contributed by atoms with Crippen molar-refractivity contribution in [3.63, 3.8) is 0 Å². The lowest BCUT2D eigenvalue weighted by Gasteiger charge is -2.02. The lowest BCUT2D eigenvalue weighted by Crippen LogP contribution is -2.28. The first-order valence-corrected chi connectivity index (χ1v) is 7.88. The van der Waals surface area contributed by atoms with Gasteiger partial charge in [0.2, 0.25) is 11.8 Å². The molecule has 0 unspecified atom stereocenters. The second-order valence-corrected chi connectivity index (χ2v) is 5.73. The van der Waals surface area contributed by atoms with Gasteiger partial charge in [0.25, 0.3) is 5.22 Å². The molecule has 0 bridgehead atoms. The Bertz CT molecular complexity index is 643. The smallest absolute Gasteiger partial charge is 0.277 e. The average Bonchev–Trinajstić information content (AvgIpc) is 2.97. The van der Waals surface area contributed by atoms with Crippen LogP contribution in [0, 0.1) is 13.8 Å². The van der Waals surface area contributed by atoms with Gasteiger partial charge in [0.1, 0.15) is 0 Å². The van der Waals surface area contributed by atoms with Gasteiger partial charge < -0.3 is 14.5 Å². The molecule has 22 heavy (non-hydrogen) atoms. The summed E-state index contributed by atoms with van der Waals surface area (Å²) in [5.41, 5.74) is 3.26. The predicted molar refractivity (Wildman–Crippen MR) is 84.8 cm³/mol. The molecular weight excluding hydrogens is 302 g/mol. The van der Waals surface area contributed by atoms with Gasteiger partial charge in [-0.25, -0.2) is 0 Å². The Morgan fingerprint density at radius 1 is 1.32 bits per heavy atom. The number of nitrogens with zero attached hydrogens (tertiary/aromatic N) is 2. The number of ether oxygens (including phenoxy) is 1. The maximum atomic E-state index is 11.6. The van der Waals surface area contributed by atoms with Gasteiger partial charge in [-0.3, -0.25) is 4.79 Å². The highest BCUT2D eigenvalue weighted by Crippen LogP contribution is 2.24. The van der Waals surface area contributed by atoms with Gasteiger partial charge in [0, 0.05) is 19.2 Å². The summed E-state index contributed by atoms with van der Waals surface area (Å²) in [6.45, 7) is 5.08. The summed E-state index contributed by atoms with van der Waals surface area (Å²) in [5, 5.41) is 11.1. The van der Waals surface area contributed by atoms with Crippen molar-refractivity contribution < 1.29 is 13.9 Å². The maximum Gasteiger partial charge on any atom is 0.277 e. The molecule has 2 aromatic rings. The Balaban J connectivity index is 1.91. The third kappa shape index (κ3) is 4.57. The van der Waals surface area contributed by atoms with E-state index in [1.165, 1.54) is 22.9 Å². The van der Waals surface area contributed by atoms with Gasteiger partial charge in [-0.2, -0.15) is 0 Å². The van der Waals surface area contributed by atoms with Crippen molar-refractivity contribution in [1.82, 2.24) is 15.5 Å². The quantitative estimate of drug-likeness (QED) is 0.622. The predicted octanol–water partition coefficient (Wildman–Crippen LogP) is 2.21. The molecule has 1 aromatic heterocycles. The molecule has 0 saturated heterocycles. The van der Waals surface area contributed by atoms with E-state index in [0.29, 0.717) is 24.3 Å². The van der Waals surface area contributed by atoms with E-state index in [4.69, 9.17) is 9.15 Å². The topological polar surface area (TPSA) is 77.2 Å². The molecule has 6 nitrogen and oxygen atoms in total. The number of benzene rings is 1. The molecule has 0 aliphatic rings. The van der Waals surface area contributed by atoms with Crippen LogP contribution in [0.15, 0.2) is 27.8 Å². The highest BCUT2D eigenvalue weighted by Gasteiger charge is 2.11. The number of thioether (sulfide) groups is 1. The SMILES string of the molecule is COCCNC(=O)CSc1nnc(-c2ccc(C)c(C)c2)o1. The van der Waals surface area contributed by atoms with E-state index in [2.05, 4.69) is 22.4 Å². The van der Waals surface area contributed by atoms with Gasteiger partial charge in [0.15, 0.2) is 0 Å². The van der Waals surface area contributed by atoms with Crippen molar-refractivity contribution in [2.24, 2.45) is 0 Å². The van der Waals surface area contributed by atoms with Crippen LogP contribution in [0.2, 0.25) is 0 Å². The van der Waals surface area contributed by atoms with E-state index in [-0.39, 0.29) is 11.7 Å². The molecule has 1 heterocycles. The normalized spacial score (nSPS) is 10.7. The molecule has 0 aliphatic carbocycles. The number of carbonyl (C=O) groups is 1. The Morgan fingerprint density at radius 2 is 2.14 bits per heavy atom. The first-order valence-electron chi connectivity index (χ1n) is 6.89. The lowest BCUT2D eigenvalue weighted by atomic mass is 10.1. The largest absolute Gasteiger partial charge is 0.411 e. The van der Waals surface area contributed by atoms with Crippen molar-refractivity contribution in [3.8, 4) is 11.5 Å².